The van der Waals surface area contributed by atoms with Gasteiger partial charge in [0.05, 0.1) is 9.95 Å². The van der Waals surface area contributed by atoms with E-state index in [2.05, 4.69) is 4.74 Å². The molecule has 0 spiro atoms. The maximum atomic E-state index is 14.3. The minimum Gasteiger partial charge on any atom is -0.445 e. The molecule has 6 nitrogen and oxygen atoms in total. The lowest BCUT2D eigenvalue weighted by Gasteiger charge is -2.09. The van der Waals surface area contributed by atoms with Crippen molar-refractivity contribution in [1.82, 2.24) is 0 Å². The van der Waals surface area contributed by atoms with Gasteiger partial charge in [-0.05, 0) is 17.7 Å². The van der Waals surface area contributed by atoms with Gasteiger partial charge in [-0.3, -0.25) is 10.1 Å². The molecular weight excluding hydrogens is 315 g/mol. The number of non-ortho nitro benzene ring substituents is 1. The molecule has 0 aromatic heterocycles. The Kier molecular flexibility index (Phi) is 4.57. The summed E-state index contributed by atoms with van der Waals surface area (Å²) < 4.78 is 18.9. The summed E-state index contributed by atoms with van der Waals surface area (Å²) in [5.74, 6) is -0.707. The molecule has 0 radical (unpaired) electrons. The minimum atomic E-state index is -0.990. The Bertz CT molecular complexity index is 734. The Morgan fingerprint density at radius 3 is 2.45 bits per heavy atom. The van der Waals surface area contributed by atoms with Gasteiger partial charge in [0, 0.05) is 23.3 Å². The SMILES string of the molecule is NC(=O)OCc1ccc(-c2ccc([N+](=O)[O-])cc2)c(F)c1Cl. The number of nitro benzene ring substituents is 1. The molecule has 8 heteroatoms. The van der Waals surface area contributed by atoms with Crippen LogP contribution in [0.5, 0.6) is 0 Å². The fraction of sp³-hybridized carbons (Fsp3) is 0.0714. The predicted molar refractivity (Wildman–Crippen MR) is 77.9 cm³/mol. The Morgan fingerprint density at radius 2 is 1.91 bits per heavy atom. The Hall–Kier alpha value is -2.67. The van der Waals surface area contributed by atoms with Crippen LogP contribution in [0.3, 0.4) is 0 Å². The summed E-state index contributed by atoms with van der Waals surface area (Å²) in [7, 11) is 0. The molecule has 0 aliphatic heterocycles. The summed E-state index contributed by atoms with van der Waals surface area (Å²) in [6.07, 6.45) is -0.990. The molecular formula is C14H10ClFN2O4. The number of carbonyl (C=O) groups excluding carboxylic acids is 1. The molecule has 0 saturated carbocycles. The average molecular weight is 325 g/mol. The van der Waals surface area contributed by atoms with Crippen LogP contribution < -0.4 is 5.73 Å². The van der Waals surface area contributed by atoms with Crippen molar-refractivity contribution in [2.45, 2.75) is 6.61 Å². The standard InChI is InChI=1S/C14H10ClFN2O4/c15-12-9(7-22-14(17)19)3-6-11(13(12)16)8-1-4-10(5-2-8)18(20)21/h1-6H,7H2,(H2,17,19). The second kappa shape index (κ2) is 6.40. The maximum Gasteiger partial charge on any atom is 0.404 e. The van der Waals surface area contributed by atoms with Crippen LogP contribution in [0.1, 0.15) is 5.56 Å². The Balaban J connectivity index is 2.34. The van der Waals surface area contributed by atoms with Crippen LogP contribution in [-0.2, 0) is 11.3 Å². The van der Waals surface area contributed by atoms with E-state index in [1.54, 1.807) is 0 Å². The van der Waals surface area contributed by atoms with Crippen LogP contribution in [0.25, 0.3) is 11.1 Å². The largest absolute Gasteiger partial charge is 0.445 e. The molecule has 0 bridgehead atoms. The quantitative estimate of drug-likeness (QED) is 0.685. The van der Waals surface area contributed by atoms with Crippen molar-refractivity contribution in [3.8, 4) is 11.1 Å². The van der Waals surface area contributed by atoms with Crippen molar-refractivity contribution in [1.29, 1.82) is 0 Å². The van der Waals surface area contributed by atoms with Crippen LogP contribution in [-0.4, -0.2) is 11.0 Å². The topological polar surface area (TPSA) is 95.5 Å². The first-order chi connectivity index (χ1) is 10.4. The second-order valence-corrected chi connectivity index (χ2v) is 4.69. The van der Waals surface area contributed by atoms with Gasteiger partial charge < -0.3 is 10.5 Å². The molecule has 114 valence electrons. The number of hydrogen-bond acceptors (Lipinski definition) is 4. The first kappa shape index (κ1) is 15.7. The smallest absolute Gasteiger partial charge is 0.404 e. The van der Waals surface area contributed by atoms with Gasteiger partial charge in [-0.15, -0.1) is 0 Å². The molecule has 0 saturated heterocycles. The van der Waals surface area contributed by atoms with Crippen LogP contribution in [0, 0.1) is 15.9 Å². The molecule has 0 atom stereocenters. The lowest BCUT2D eigenvalue weighted by molar-refractivity contribution is -0.384. The number of ether oxygens (including phenoxy) is 1. The van der Waals surface area contributed by atoms with Crippen LogP contribution in [0.15, 0.2) is 36.4 Å². The van der Waals surface area contributed by atoms with Gasteiger partial charge in [-0.25, -0.2) is 9.18 Å². The normalized spacial score (nSPS) is 10.3. The number of amides is 1. The summed E-state index contributed by atoms with van der Waals surface area (Å²) in [5.41, 5.74) is 5.63. The van der Waals surface area contributed by atoms with E-state index in [1.807, 2.05) is 0 Å². The molecule has 0 unspecified atom stereocenters. The number of halogens is 2. The summed E-state index contributed by atoms with van der Waals surface area (Å²) in [6, 6.07) is 8.33. The van der Waals surface area contributed by atoms with E-state index in [0.717, 1.165) is 0 Å². The summed E-state index contributed by atoms with van der Waals surface area (Å²) >= 11 is 5.90. The number of rotatable bonds is 4. The van der Waals surface area contributed by atoms with Gasteiger partial charge in [0.15, 0.2) is 0 Å². The highest BCUT2D eigenvalue weighted by Crippen LogP contribution is 2.31. The van der Waals surface area contributed by atoms with Crippen LogP contribution in [0.4, 0.5) is 14.9 Å². The molecule has 0 fully saturated rings. The number of hydrogen-bond donors (Lipinski definition) is 1. The van der Waals surface area contributed by atoms with Gasteiger partial charge in [0.1, 0.15) is 12.4 Å². The predicted octanol–water partition coefficient (Wildman–Crippen LogP) is 3.65. The summed E-state index contributed by atoms with van der Waals surface area (Å²) in [4.78, 5) is 20.6. The molecule has 0 aliphatic rings. The third kappa shape index (κ3) is 3.32. The average Bonchev–Trinajstić information content (AvgIpc) is 2.49. The van der Waals surface area contributed by atoms with E-state index in [4.69, 9.17) is 17.3 Å². The fourth-order valence-electron chi connectivity index (χ4n) is 1.84. The second-order valence-electron chi connectivity index (χ2n) is 4.31. The number of nitrogens with two attached hydrogens (primary N) is 1. The fourth-order valence-corrected chi connectivity index (χ4v) is 2.05. The van der Waals surface area contributed by atoms with Crippen molar-refractivity contribution in [2.24, 2.45) is 5.73 Å². The molecule has 22 heavy (non-hydrogen) atoms. The van der Waals surface area contributed by atoms with E-state index >= 15 is 0 Å². The Morgan fingerprint density at radius 1 is 1.27 bits per heavy atom. The Labute approximate surface area is 129 Å². The van der Waals surface area contributed by atoms with E-state index in [1.165, 1.54) is 36.4 Å². The lowest BCUT2D eigenvalue weighted by Crippen LogP contribution is -2.13. The van der Waals surface area contributed by atoms with Crippen molar-refractivity contribution in [2.75, 3.05) is 0 Å². The zero-order valence-electron chi connectivity index (χ0n) is 11.1. The van der Waals surface area contributed by atoms with Gasteiger partial charge in [0.2, 0.25) is 0 Å². The zero-order valence-corrected chi connectivity index (χ0v) is 11.8. The molecule has 0 heterocycles. The number of carbonyl (C=O) groups is 1. The zero-order chi connectivity index (χ0) is 16.3. The first-order valence-corrected chi connectivity index (χ1v) is 6.42. The highest BCUT2D eigenvalue weighted by atomic mass is 35.5. The number of primary amides is 1. The first-order valence-electron chi connectivity index (χ1n) is 6.04. The van der Waals surface area contributed by atoms with E-state index in [9.17, 15) is 19.3 Å². The van der Waals surface area contributed by atoms with Crippen molar-refractivity contribution < 1.29 is 18.8 Å². The van der Waals surface area contributed by atoms with E-state index in [-0.39, 0.29) is 28.4 Å². The highest BCUT2D eigenvalue weighted by molar-refractivity contribution is 6.31. The number of nitro groups is 1. The maximum absolute atomic E-state index is 14.3. The monoisotopic (exact) mass is 324 g/mol. The van der Waals surface area contributed by atoms with Crippen LogP contribution in [0.2, 0.25) is 5.02 Å². The van der Waals surface area contributed by atoms with E-state index < -0.39 is 16.8 Å². The lowest BCUT2D eigenvalue weighted by atomic mass is 10.0. The number of benzene rings is 2. The molecule has 2 aromatic rings. The van der Waals surface area contributed by atoms with Gasteiger partial charge in [0.25, 0.3) is 5.69 Å². The molecule has 2 aromatic carbocycles. The van der Waals surface area contributed by atoms with E-state index in [0.29, 0.717) is 5.56 Å². The highest BCUT2D eigenvalue weighted by Gasteiger charge is 2.15. The van der Waals surface area contributed by atoms with Crippen LogP contribution >= 0.6 is 11.6 Å². The van der Waals surface area contributed by atoms with Crippen molar-refractivity contribution in [3.63, 3.8) is 0 Å². The van der Waals surface area contributed by atoms with Gasteiger partial charge in [-0.2, -0.15) is 0 Å². The third-order valence-electron chi connectivity index (χ3n) is 2.92. The molecule has 2 N–H and O–H groups in total. The molecule has 1 amide bonds. The minimum absolute atomic E-state index is 0.0956. The van der Waals surface area contributed by atoms with Crippen molar-refractivity contribution >= 4 is 23.4 Å². The van der Waals surface area contributed by atoms with Gasteiger partial charge in [-0.1, -0.05) is 23.7 Å². The molecule has 0 aliphatic carbocycles. The summed E-state index contributed by atoms with van der Waals surface area (Å²) in [5, 5.41) is 10.4. The third-order valence-corrected chi connectivity index (χ3v) is 3.33. The molecule has 2 rings (SSSR count). The summed E-state index contributed by atoms with van der Waals surface area (Å²) in [6.45, 7) is -0.244. The van der Waals surface area contributed by atoms with Crippen molar-refractivity contribution in [3.05, 3.63) is 62.9 Å². The van der Waals surface area contributed by atoms with Gasteiger partial charge >= 0.3 is 6.09 Å². The number of nitrogens with zero attached hydrogens (tertiary/aromatic N) is 1.